The number of aryl methyl sites for hydroxylation is 1. The van der Waals surface area contributed by atoms with Crippen LogP contribution in [0, 0.1) is 5.82 Å². The van der Waals surface area contributed by atoms with E-state index in [0.717, 1.165) is 29.3 Å². The Morgan fingerprint density at radius 2 is 1.40 bits per heavy atom. The van der Waals surface area contributed by atoms with Crippen molar-refractivity contribution in [1.82, 2.24) is 10.3 Å². The fraction of sp³-hybridized carbons (Fsp3) is 0.300. The van der Waals surface area contributed by atoms with E-state index in [1.54, 1.807) is 6.07 Å². The Kier molecular flexibility index (Phi) is 9.80. The molecule has 0 saturated carbocycles. The number of hydrazone groups is 1. The number of hydrogen-bond donors (Lipinski definition) is 1. The van der Waals surface area contributed by atoms with Crippen LogP contribution in [-0.2, 0) is 33.9 Å². The minimum absolute atomic E-state index is 0.0196. The van der Waals surface area contributed by atoms with Crippen molar-refractivity contribution in [3.8, 4) is 0 Å². The molecular formula is C30H28F7N3O2. The zero-order chi connectivity index (χ0) is 31.3. The van der Waals surface area contributed by atoms with Gasteiger partial charge in [-0.15, -0.1) is 0 Å². The van der Waals surface area contributed by atoms with Crippen LogP contribution < -0.4 is 5.32 Å². The van der Waals surface area contributed by atoms with Crippen LogP contribution in [0.15, 0.2) is 77.9 Å². The first-order valence-corrected chi connectivity index (χ1v) is 12.7. The molecule has 42 heavy (non-hydrogen) atoms. The van der Waals surface area contributed by atoms with Gasteiger partial charge in [-0.25, -0.2) is 9.40 Å². The van der Waals surface area contributed by atoms with Crippen molar-refractivity contribution in [2.75, 3.05) is 6.54 Å². The third-order valence-electron chi connectivity index (χ3n) is 6.41. The summed E-state index contributed by atoms with van der Waals surface area (Å²) < 4.78 is 92.6. The number of nitrogens with zero attached hydrogens (tertiary/aromatic N) is 2. The second-order valence-corrected chi connectivity index (χ2v) is 10.1. The summed E-state index contributed by atoms with van der Waals surface area (Å²) >= 11 is 0. The maximum Gasteiger partial charge on any atom is 0.416 e. The van der Waals surface area contributed by atoms with Crippen LogP contribution in [-0.4, -0.2) is 29.1 Å². The lowest BCUT2D eigenvalue weighted by Gasteiger charge is -2.29. The van der Waals surface area contributed by atoms with Crippen molar-refractivity contribution < 1.29 is 40.3 Å². The second-order valence-electron chi connectivity index (χ2n) is 10.1. The van der Waals surface area contributed by atoms with Crippen LogP contribution in [0.25, 0.3) is 0 Å². The average Bonchev–Trinajstić information content (AvgIpc) is 2.91. The van der Waals surface area contributed by atoms with Gasteiger partial charge in [0.05, 0.1) is 22.4 Å². The molecule has 0 aliphatic rings. The summed E-state index contributed by atoms with van der Waals surface area (Å²) in [5.41, 5.74) is -2.28. The summed E-state index contributed by atoms with van der Waals surface area (Å²) in [4.78, 5) is 26.2. The van der Waals surface area contributed by atoms with Gasteiger partial charge in [0.15, 0.2) is 0 Å². The highest BCUT2D eigenvalue weighted by Gasteiger charge is 2.33. The highest BCUT2D eigenvalue weighted by atomic mass is 19.4. The van der Waals surface area contributed by atoms with Crippen molar-refractivity contribution in [3.63, 3.8) is 0 Å². The smallest absolute Gasteiger partial charge is 0.346 e. The van der Waals surface area contributed by atoms with Crippen molar-refractivity contribution in [2.45, 2.75) is 51.5 Å². The fourth-order valence-corrected chi connectivity index (χ4v) is 4.07. The molecule has 0 aromatic heterocycles. The van der Waals surface area contributed by atoms with Gasteiger partial charge in [0, 0.05) is 6.42 Å². The number of halogens is 7. The van der Waals surface area contributed by atoms with Crippen LogP contribution in [0.4, 0.5) is 30.7 Å². The topological polar surface area (TPSA) is 61.8 Å². The molecule has 1 N–H and O–H groups in total. The first kappa shape index (κ1) is 32.3. The number of amides is 2. The van der Waals surface area contributed by atoms with Gasteiger partial charge < -0.3 is 5.32 Å². The molecule has 0 atom stereocenters. The molecule has 0 heterocycles. The van der Waals surface area contributed by atoms with Crippen LogP contribution in [0.2, 0.25) is 0 Å². The Hall–Kier alpha value is -4.22. The number of carbonyl (C=O) groups excluding carboxylic acids is 2. The Morgan fingerprint density at radius 3 is 2.00 bits per heavy atom. The van der Waals surface area contributed by atoms with E-state index in [-0.39, 0.29) is 35.2 Å². The minimum Gasteiger partial charge on any atom is -0.346 e. The van der Waals surface area contributed by atoms with Gasteiger partial charge >= 0.3 is 12.4 Å². The number of hydrogen-bond acceptors (Lipinski definition) is 3. The zero-order valence-electron chi connectivity index (χ0n) is 22.9. The van der Waals surface area contributed by atoms with Crippen LogP contribution >= 0.6 is 0 Å². The molecule has 224 valence electrons. The number of nitrogens with one attached hydrogen (secondary N) is 1. The van der Waals surface area contributed by atoms with E-state index in [2.05, 4.69) is 10.4 Å². The summed E-state index contributed by atoms with van der Waals surface area (Å²) in [6.07, 6.45) is -9.42. The Morgan fingerprint density at radius 1 is 0.810 bits per heavy atom. The molecule has 0 radical (unpaired) electrons. The Bertz CT molecular complexity index is 1450. The predicted octanol–water partition coefficient (Wildman–Crippen LogP) is 7.10. The number of rotatable bonds is 9. The molecule has 5 nitrogen and oxygen atoms in total. The maximum atomic E-state index is 14.1. The first-order chi connectivity index (χ1) is 19.5. The van der Waals surface area contributed by atoms with Crippen LogP contribution in [0.3, 0.4) is 0 Å². The zero-order valence-corrected chi connectivity index (χ0v) is 22.9. The highest BCUT2D eigenvalue weighted by molar-refractivity contribution is 5.99. The van der Waals surface area contributed by atoms with E-state index in [0.29, 0.717) is 0 Å². The third-order valence-corrected chi connectivity index (χ3v) is 6.41. The average molecular weight is 596 g/mol. The molecule has 0 aliphatic heterocycles. The van der Waals surface area contributed by atoms with Crippen molar-refractivity contribution in [3.05, 3.63) is 106 Å². The molecule has 3 rings (SSSR count). The van der Waals surface area contributed by atoms with Gasteiger partial charge in [0.1, 0.15) is 12.4 Å². The molecule has 0 aliphatic carbocycles. The summed E-state index contributed by atoms with van der Waals surface area (Å²) in [5.74, 6) is -1.97. The van der Waals surface area contributed by atoms with Crippen LogP contribution in [0.5, 0.6) is 0 Å². The summed E-state index contributed by atoms with van der Waals surface area (Å²) in [6, 6.07) is 14.3. The summed E-state index contributed by atoms with van der Waals surface area (Å²) in [6.45, 7) is 3.75. The maximum absolute atomic E-state index is 14.1. The molecular weight excluding hydrogens is 567 g/mol. The second kappa shape index (κ2) is 12.7. The summed E-state index contributed by atoms with van der Waals surface area (Å²) in [7, 11) is 0. The number of alkyl halides is 6. The number of benzene rings is 3. The SMILES string of the molecule is C/C(=N\N(CC(=O)NC(C)(C)c1cccc(C(F)(F)F)c1)C(=O)CCc1ccccc1F)c1ccc(C(F)(F)F)cc1. The van der Waals surface area contributed by atoms with Gasteiger partial charge in [0.2, 0.25) is 11.8 Å². The molecule has 0 fully saturated rings. The Balaban J connectivity index is 1.85. The molecule has 12 heteroatoms. The molecule has 0 bridgehead atoms. The van der Waals surface area contributed by atoms with E-state index in [1.807, 2.05) is 0 Å². The van der Waals surface area contributed by atoms with Gasteiger partial charge in [-0.3, -0.25) is 9.59 Å². The molecule has 0 unspecified atom stereocenters. The minimum atomic E-state index is -4.60. The largest absolute Gasteiger partial charge is 0.416 e. The summed E-state index contributed by atoms with van der Waals surface area (Å²) in [5, 5.41) is 7.59. The van der Waals surface area contributed by atoms with Crippen molar-refractivity contribution >= 4 is 17.5 Å². The van der Waals surface area contributed by atoms with E-state index >= 15 is 0 Å². The quantitative estimate of drug-likeness (QED) is 0.163. The normalized spacial score (nSPS) is 12.7. The van der Waals surface area contributed by atoms with Crippen molar-refractivity contribution in [1.29, 1.82) is 0 Å². The van der Waals surface area contributed by atoms with E-state index in [9.17, 15) is 40.3 Å². The lowest BCUT2D eigenvalue weighted by atomic mass is 9.92. The molecule has 3 aromatic carbocycles. The lowest BCUT2D eigenvalue weighted by Crippen LogP contribution is -2.46. The molecule has 0 spiro atoms. The van der Waals surface area contributed by atoms with E-state index in [1.165, 1.54) is 63.2 Å². The van der Waals surface area contributed by atoms with Gasteiger partial charge in [0.25, 0.3) is 0 Å². The highest BCUT2D eigenvalue weighted by Crippen LogP contribution is 2.32. The monoisotopic (exact) mass is 595 g/mol. The lowest BCUT2D eigenvalue weighted by molar-refractivity contribution is -0.138. The Labute approximate surface area is 238 Å². The third kappa shape index (κ3) is 8.64. The molecule has 2 amide bonds. The standard InChI is InChI=1S/C30H28F7N3O2/c1-19(20-11-14-22(15-12-20)29(32,33)34)39-40(27(42)16-13-21-7-4-5-10-25(21)31)18-26(41)38-28(2,3)23-8-6-9-24(17-23)30(35,36)37/h4-12,14-15,17H,13,16,18H2,1-3H3,(H,38,41)/b39-19+. The van der Waals surface area contributed by atoms with E-state index < -0.39 is 53.2 Å². The van der Waals surface area contributed by atoms with Gasteiger partial charge in [-0.1, -0.05) is 42.5 Å². The molecule has 0 saturated heterocycles. The fourth-order valence-electron chi connectivity index (χ4n) is 4.07. The van der Waals surface area contributed by atoms with Crippen LogP contribution in [0.1, 0.15) is 55.0 Å². The number of carbonyl (C=O) groups is 2. The predicted molar refractivity (Wildman–Crippen MR) is 143 cm³/mol. The van der Waals surface area contributed by atoms with Gasteiger partial charge in [-0.05, 0) is 74.2 Å². The van der Waals surface area contributed by atoms with Crippen molar-refractivity contribution in [2.24, 2.45) is 5.10 Å². The molecule has 3 aromatic rings. The van der Waals surface area contributed by atoms with Gasteiger partial charge in [-0.2, -0.15) is 31.4 Å². The first-order valence-electron chi connectivity index (χ1n) is 12.7. The van der Waals surface area contributed by atoms with E-state index in [4.69, 9.17) is 0 Å².